The molecule has 11 heavy (non-hydrogen) atoms. The zero-order valence-corrected chi connectivity index (χ0v) is 7.77. The monoisotopic (exact) mass is 153 g/mol. The molecule has 1 saturated carbocycles. The van der Waals surface area contributed by atoms with Gasteiger partial charge in [-0.05, 0) is 39.0 Å². The lowest BCUT2D eigenvalue weighted by Crippen LogP contribution is -2.08. The maximum Gasteiger partial charge on any atom is 0.0468 e. The van der Waals surface area contributed by atoms with E-state index in [0.717, 1.165) is 0 Å². The molecule has 0 unspecified atom stereocenters. The predicted octanol–water partition coefficient (Wildman–Crippen LogP) is 3.19. The molecule has 1 fully saturated rings. The van der Waals surface area contributed by atoms with Crippen LogP contribution in [-0.4, -0.2) is 11.8 Å². The van der Waals surface area contributed by atoms with Gasteiger partial charge in [-0.3, -0.25) is 4.99 Å². The summed E-state index contributed by atoms with van der Waals surface area (Å²) in [5, 5.41) is 0. The van der Waals surface area contributed by atoms with Gasteiger partial charge in [-0.15, -0.1) is 0 Å². The first-order valence-electron chi connectivity index (χ1n) is 4.88. The first kappa shape index (κ1) is 8.76. The van der Waals surface area contributed by atoms with Gasteiger partial charge in [0.25, 0.3) is 0 Å². The molecule has 1 nitrogen and oxygen atoms in total. The smallest absolute Gasteiger partial charge is 0.0468 e. The maximum absolute atomic E-state index is 4.67. The average molecular weight is 153 g/mol. The summed E-state index contributed by atoms with van der Waals surface area (Å²) in [6, 6.07) is 0.558. The predicted molar refractivity (Wildman–Crippen MR) is 50.3 cm³/mol. The minimum Gasteiger partial charge on any atom is -0.291 e. The minimum atomic E-state index is 0.558. The SMILES string of the molecule is CC[C@@H](C)N=C1CCCCC1. The van der Waals surface area contributed by atoms with Gasteiger partial charge >= 0.3 is 0 Å². The Morgan fingerprint density at radius 2 is 1.91 bits per heavy atom. The molecule has 0 aromatic heterocycles. The first-order valence-corrected chi connectivity index (χ1v) is 4.88. The summed E-state index contributed by atoms with van der Waals surface area (Å²) in [5.74, 6) is 0. The first-order chi connectivity index (χ1) is 5.33. The van der Waals surface area contributed by atoms with E-state index in [2.05, 4.69) is 18.8 Å². The van der Waals surface area contributed by atoms with E-state index in [1.165, 1.54) is 44.2 Å². The van der Waals surface area contributed by atoms with Gasteiger partial charge < -0.3 is 0 Å². The van der Waals surface area contributed by atoms with E-state index in [1.54, 1.807) is 0 Å². The molecular formula is C10H19N. The summed E-state index contributed by atoms with van der Waals surface area (Å²) in [6.07, 6.45) is 7.88. The molecule has 0 heterocycles. The van der Waals surface area contributed by atoms with Gasteiger partial charge in [-0.1, -0.05) is 13.3 Å². The second-order valence-electron chi connectivity index (χ2n) is 3.51. The van der Waals surface area contributed by atoms with Crippen LogP contribution in [0.25, 0.3) is 0 Å². The maximum atomic E-state index is 4.67. The Labute approximate surface area is 69.9 Å². The lowest BCUT2D eigenvalue weighted by atomic mass is 9.98. The molecule has 0 bridgehead atoms. The number of hydrogen-bond acceptors (Lipinski definition) is 1. The van der Waals surface area contributed by atoms with E-state index in [9.17, 15) is 0 Å². The molecule has 1 atom stereocenters. The van der Waals surface area contributed by atoms with Crippen LogP contribution in [0, 0.1) is 0 Å². The van der Waals surface area contributed by atoms with Crippen LogP contribution in [0.1, 0.15) is 52.4 Å². The summed E-state index contributed by atoms with van der Waals surface area (Å²) in [6.45, 7) is 4.42. The van der Waals surface area contributed by atoms with Crippen molar-refractivity contribution in [3.8, 4) is 0 Å². The number of hydrogen-bond donors (Lipinski definition) is 0. The topological polar surface area (TPSA) is 12.4 Å². The number of aliphatic imine (C=N–C) groups is 1. The Morgan fingerprint density at radius 1 is 1.27 bits per heavy atom. The highest BCUT2D eigenvalue weighted by Gasteiger charge is 2.07. The Hall–Kier alpha value is -0.330. The standard InChI is InChI=1S/C10H19N/c1-3-9(2)11-10-7-5-4-6-8-10/h9H,3-8H2,1-2H3/t9-/m1/s1. The molecule has 1 aliphatic carbocycles. The van der Waals surface area contributed by atoms with Gasteiger partial charge in [0.05, 0.1) is 0 Å². The van der Waals surface area contributed by atoms with E-state index >= 15 is 0 Å². The zero-order chi connectivity index (χ0) is 8.10. The lowest BCUT2D eigenvalue weighted by molar-refractivity contribution is 0.644. The summed E-state index contributed by atoms with van der Waals surface area (Å²) < 4.78 is 0. The Morgan fingerprint density at radius 3 is 2.45 bits per heavy atom. The molecule has 0 N–H and O–H groups in total. The van der Waals surface area contributed by atoms with Crippen LogP contribution in [0.2, 0.25) is 0 Å². The Bertz CT molecular complexity index is 130. The number of rotatable bonds is 2. The molecule has 0 aliphatic heterocycles. The third kappa shape index (κ3) is 3.04. The molecular weight excluding hydrogens is 134 g/mol. The van der Waals surface area contributed by atoms with Gasteiger partial charge in [0, 0.05) is 11.8 Å². The van der Waals surface area contributed by atoms with Crippen molar-refractivity contribution in [2.75, 3.05) is 0 Å². The summed E-state index contributed by atoms with van der Waals surface area (Å²) in [4.78, 5) is 4.67. The van der Waals surface area contributed by atoms with E-state index in [0.29, 0.717) is 6.04 Å². The van der Waals surface area contributed by atoms with Crippen molar-refractivity contribution in [1.29, 1.82) is 0 Å². The second-order valence-corrected chi connectivity index (χ2v) is 3.51. The fraction of sp³-hybridized carbons (Fsp3) is 0.900. The van der Waals surface area contributed by atoms with Crippen molar-refractivity contribution in [3.05, 3.63) is 0 Å². The van der Waals surface area contributed by atoms with E-state index in [1.807, 2.05) is 0 Å². The lowest BCUT2D eigenvalue weighted by Gasteiger charge is -2.14. The third-order valence-electron chi connectivity index (χ3n) is 2.42. The minimum absolute atomic E-state index is 0.558. The summed E-state index contributed by atoms with van der Waals surface area (Å²) in [7, 11) is 0. The zero-order valence-electron chi connectivity index (χ0n) is 7.77. The quantitative estimate of drug-likeness (QED) is 0.577. The van der Waals surface area contributed by atoms with Crippen molar-refractivity contribution in [1.82, 2.24) is 0 Å². The Balaban J connectivity index is 2.37. The van der Waals surface area contributed by atoms with E-state index in [-0.39, 0.29) is 0 Å². The van der Waals surface area contributed by atoms with Crippen LogP contribution in [-0.2, 0) is 0 Å². The van der Waals surface area contributed by atoms with Gasteiger partial charge in [-0.2, -0.15) is 0 Å². The molecule has 1 aliphatic rings. The summed E-state index contributed by atoms with van der Waals surface area (Å²) in [5.41, 5.74) is 1.48. The van der Waals surface area contributed by atoms with Gasteiger partial charge in [0.1, 0.15) is 0 Å². The van der Waals surface area contributed by atoms with Gasteiger partial charge in [-0.25, -0.2) is 0 Å². The number of nitrogens with zero attached hydrogens (tertiary/aromatic N) is 1. The third-order valence-corrected chi connectivity index (χ3v) is 2.42. The average Bonchev–Trinajstić information content (AvgIpc) is 2.06. The van der Waals surface area contributed by atoms with Crippen molar-refractivity contribution in [2.45, 2.75) is 58.4 Å². The summed E-state index contributed by atoms with van der Waals surface area (Å²) >= 11 is 0. The fourth-order valence-corrected chi connectivity index (χ4v) is 1.49. The highest BCUT2D eigenvalue weighted by atomic mass is 14.8. The normalized spacial score (nSPS) is 21.5. The van der Waals surface area contributed by atoms with Crippen molar-refractivity contribution in [2.24, 2.45) is 4.99 Å². The Kier molecular flexibility index (Phi) is 3.61. The molecule has 1 heteroatoms. The van der Waals surface area contributed by atoms with Crippen LogP contribution < -0.4 is 0 Å². The van der Waals surface area contributed by atoms with E-state index < -0.39 is 0 Å². The molecule has 0 aromatic carbocycles. The van der Waals surface area contributed by atoms with Crippen molar-refractivity contribution in [3.63, 3.8) is 0 Å². The van der Waals surface area contributed by atoms with Gasteiger partial charge in [0.2, 0.25) is 0 Å². The largest absolute Gasteiger partial charge is 0.291 e. The van der Waals surface area contributed by atoms with Crippen molar-refractivity contribution < 1.29 is 0 Å². The molecule has 1 rings (SSSR count). The molecule has 0 aromatic rings. The molecule has 64 valence electrons. The van der Waals surface area contributed by atoms with E-state index in [4.69, 9.17) is 0 Å². The van der Waals surface area contributed by atoms with Gasteiger partial charge in [0.15, 0.2) is 0 Å². The molecule has 0 radical (unpaired) electrons. The fourth-order valence-electron chi connectivity index (χ4n) is 1.49. The van der Waals surface area contributed by atoms with Crippen molar-refractivity contribution >= 4 is 5.71 Å². The molecule has 0 spiro atoms. The van der Waals surface area contributed by atoms with Crippen LogP contribution in [0.3, 0.4) is 0 Å². The van der Waals surface area contributed by atoms with Crippen LogP contribution in [0.4, 0.5) is 0 Å². The highest BCUT2D eigenvalue weighted by Crippen LogP contribution is 2.15. The van der Waals surface area contributed by atoms with Crippen LogP contribution >= 0.6 is 0 Å². The second kappa shape index (κ2) is 4.53. The molecule has 0 saturated heterocycles. The highest BCUT2D eigenvalue weighted by molar-refractivity contribution is 5.85. The van der Waals surface area contributed by atoms with Crippen LogP contribution in [0.15, 0.2) is 4.99 Å². The van der Waals surface area contributed by atoms with Crippen LogP contribution in [0.5, 0.6) is 0 Å². The molecule has 0 amide bonds.